The molecule has 1 heterocycles. The summed E-state index contributed by atoms with van der Waals surface area (Å²) in [6, 6.07) is 3.80. The SMILES string of the molecule is C=C/C=C(\C=C)OC/C=C(\C)[C@@H]1CC(=O)[C@H](Oc2ccc(/C=C(\C)C(=O)NC3[C@H](O)CCC[C@@H]3O)cc2O)O1.CC.CC.OCO. The maximum Gasteiger partial charge on any atom is 0.260 e. The fourth-order valence-electron chi connectivity index (χ4n) is 4.37. The zero-order chi connectivity index (χ0) is 35.2. The molecule has 1 aliphatic carbocycles. The van der Waals surface area contributed by atoms with Crippen molar-refractivity contribution in [3.8, 4) is 11.5 Å². The summed E-state index contributed by atoms with van der Waals surface area (Å²) in [5.41, 5.74) is 1.66. The van der Waals surface area contributed by atoms with Gasteiger partial charge in [-0.25, -0.2) is 0 Å². The summed E-state index contributed by atoms with van der Waals surface area (Å²) >= 11 is 0. The molecule has 1 aromatic rings. The van der Waals surface area contributed by atoms with Crippen LogP contribution >= 0.6 is 0 Å². The van der Waals surface area contributed by atoms with Gasteiger partial charge < -0.3 is 45.1 Å². The number of hydrogen-bond donors (Lipinski definition) is 6. The molecule has 258 valence electrons. The minimum absolute atomic E-state index is 0.0665. The molecule has 1 aliphatic heterocycles. The molecule has 5 atom stereocenters. The second-order valence-electron chi connectivity index (χ2n) is 9.77. The first-order chi connectivity index (χ1) is 22.0. The van der Waals surface area contributed by atoms with Gasteiger partial charge >= 0.3 is 0 Å². The number of carbonyl (C=O) groups is 2. The third kappa shape index (κ3) is 14.1. The van der Waals surface area contributed by atoms with Crippen LogP contribution in [0, 0.1) is 0 Å². The quantitative estimate of drug-likeness (QED) is 0.0662. The summed E-state index contributed by atoms with van der Waals surface area (Å²) in [4.78, 5) is 25.1. The maximum absolute atomic E-state index is 12.6. The number of phenols is 1. The molecule has 11 heteroatoms. The first-order valence-electron chi connectivity index (χ1n) is 15.5. The minimum atomic E-state index is -1.17. The van der Waals surface area contributed by atoms with E-state index in [1.807, 2.05) is 40.7 Å². The van der Waals surface area contributed by atoms with Crippen molar-refractivity contribution >= 4 is 17.8 Å². The second kappa shape index (κ2) is 23.6. The Labute approximate surface area is 273 Å². The van der Waals surface area contributed by atoms with Gasteiger partial charge in [0.1, 0.15) is 19.2 Å². The zero-order valence-electron chi connectivity index (χ0n) is 27.9. The number of rotatable bonds is 11. The van der Waals surface area contributed by atoms with Crippen LogP contribution in [0.1, 0.15) is 72.8 Å². The van der Waals surface area contributed by atoms with Gasteiger partial charge in [-0.15, -0.1) is 0 Å². The number of ether oxygens (including phenoxy) is 3. The number of nitrogens with one attached hydrogen (secondary N) is 1. The number of aromatic hydroxyl groups is 1. The third-order valence-electron chi connectivity index (χ3n) is 6.67. The van der Waals surface area contributed by atoms with Crippen molar-refractivity contribution in [2.45, 2.75) is 97.9 Å². The number of aliphatic hydroxyl groups excluding tert-OH is 3. The first-order valence-corrected chi connectivity index (χ1v) is 15.5. The number of ketones is 1. The summed E-state index contributed by atoms with van der Waals surface area (Å²) in [6.45, 7) is 18.2. The molecule has 6 N–H and O–H groups in total. The number of phenolic OH excluding ortho intramolecular Hbond substituents is 1. The standard InChI is InChI=1S/C30H37NO8.2C2H6.CH4O2/c1-5-8-21(6-2)37-14-13-18(3)27-17-25(35)30(39-27)38-26-12-11-20(16-24(26)34)15-19(4)29(36)31-28-22(32)9-7-10-23(28)33;2*1-2;2-1-3/h5-6,8,11-13,15-16,22-23,27-28,30,32-34H,1-2,7,9-10,14,17H2,3-4H3,(H,31,36);2*1-2H3;2-3H,1H2/b18-13+,19-15+,21-8+;;;/t22-,23+,27-,28?,30+;;;/m0.../s1. The molecule has 0 bridgehead atoms. The smallest absolute Gasteiger partial charge is 0.260 e. The van der Waals surface area contributed by atoms with Crippen LogP contribution in [0.5, 0.6) is 11.5 Å². The Balaban J connectivity index is 0.00000268. The highest BCUT2D eigenvalue weighted by molar-refractivity contribution is 5.97. The largest absolute Gasteiger partial charge is 0.504 e. The Morgan fingerprint density at radius 2 is 1.70 bits per heavy atom. The van der Waals surface area contributed by atoms with Gasteiger partial charge in [0.2, 0.25) is 11.7 Å². The molecule has 1 saturated heterocycles. The lowest BCUT2D eigenvalue weighted by Gasteiger charge is -2.32. The number of allylic oxidation sites excluding steroid dienone is 3. The van der Waals surface area contributed by atoms with Crippen LogP contribution < -0.4 is 10.1 Å². The highest BCUT2D eigenvalue weighted by Crippen LogP contribution is 2.32. The predicted molar refractivity (Wildman–Crippen MR) is 179 cm³/mol. The zero-order valence-corrected chi connectivity index (χ0v) is 27.9. The van der Waals surface area contributed by atoms with Crippen LogP contribution in [0.3, 0.4) is 0 Å². The van der Waals surface area contributed by atoms with Crippen LogP contribution in [0.25, 0.3) is 6.08 Å². The van der Waals surface area contributed by atoms with Gasteiger partial charge in [0.25, 0.3) is 6.29 Å². The Bertz CT molecular complexity index is 1180. The van der Waals surface area contributed by atoms with Crippen molar-refractivity contribution in [1.29, 1.82) is 0 Å². The topological polar surface area (TPSA) is 175 Å². The molecule has 1 amide bonds. The molecular weight excluding hydrogens is 594 g/mol. The number of amides is 1. The number of carbonyl (C=O) groups excluding carboxylic acids is 2. The highest BCUT2D eigenvalue weighted by atomic mass is 16.7. The van der Waals surface area contributed by atoms with E-state index in [9.17, 15) is 24.9 Å². The van der Waals surface area contributed by atoms with E-state index in [1.165, 1.54) is 12.1 Å². The minimum Gasteiger partial charge on any atom is -0.504 e. The molecule has 1 aromatic carbocycles. The van der Waals surface area contributed by atoms with Crippen LogP contribution in [0.4, 0.5) is 0 Å². The first kappa shape index (κ1) is 42.3. The van der Waals surface area contributed by atoms with E-state index in [1.54, 1.807) is 37.3 Å². The van der Waals surface area contributed by atoms with E-state index in [4.69, 9.17) is 24.4 Å². The van der Waals surface area contributed by atoms with Crippen LogP contribution in [0.2, 0.25) is 0 Å². The van der Waals surface area contributed by atoms with E-state index < -0.39 is 43.3 Å². The fraction of sp³-hybridized carbons (Fsp3) is 0.486. The third-order valence-corrected chi connectivity index (χ3v) is 6.67. The summed E-state index contributed by atoms with van der Waals surface area (Å²) < 4.78 is 17.0. The molecule has 0 aromatic heterocycles. The molecule has 0 radical (unpaired) electrons. The molecule has 1 unspecified atom stereocenters. The van der Waals surface area contributed by atoms with Crippen molar-refractivity contribution in [2.24, 2.45) is 0 Å². The van der Waals surface area contributed by atoms with E-state index in [0.717, 1.165) is 5.57 Å². The van der Waals surface area contributed by atoms with Crippen LogP contribution in [0.15, 0.2) is 72.6 Å². The second-order valence-corrected chi connectivity index (χ2v) is 9.77. The van der Waals surface area contributed by atoms with Crippen molar-refractivity contribution in [2.75, 3.05) is 13.4 Å². The number of aliphatic hydroxyl groups is 4. The monoisotopic (exact) mass is 647 g/mol. The Morgan fingerprint density at radius 1 is 1.09 bits per heavy atom. The predicted octanol–water partition coefficient (Wildman–Crippen LogP) is 4.45. The van der Waals surface area contributed by atoms with Crippen molar-refractivity contribution in [3.63, 3.8) is 0 Å². The number of Topliss-reactive ketones (excluding diaryl/α,β-unsaturated/α-hetero) is 1. The lowest BCUT2D eigenvalue weighted by atomic mass is 9.89. The molecule has 0 spiro atoms. The highest BCUT2D eigenvalue weighted by Gasteiger charge is 2.36. The summed E-state index contributed by atoms with van der Waals surface area (Å²) in [6.07, 6.45) is 6.84. The van der Waals surface area contributed by atoms with Gasteiger partial charge in [0.05, 0.1) is 24.4 Å². The Morgan fingerprint density at radius 3 is 2.24 bits per heavy atom. The maximum atomic E-state index is 12.6. The molecule has 3 rings (SSSR count). The summed E-state index contributed by atoms with van der Waals surface area (Å²) in [5.74, 6) is -0.263. The molecule has 2 fully saturated rings. The Hall–Kier alpha value is -3.74. The van der Waals surface area contributed by atoms with Gasteiger partial charge in [-0.3, -0.25) is 9.59 Å². The van der Waals surface area contributed by atoms with Crippen molar-refractivity contribution < 1.29 is 49.3 Å². The van der Waals surface area contributed by atoms with Crippen LogP contribution in [-0.4, -0.2) is 81.3 Å². The van der Waals surface area contributed by atoms with Crippen molar-refractivity contribution in [3.05, 3.63) is 78.1 Å². The molecule has 1 saturated carbocycles. The normalized spacial score (nSPS) is 22.9. The van der Waals surface area contributed by atoms with E-state index in [2.05, 4.69) is 18.5 Å². The summed E-state index contributed by atoms with van der Waals surface area (Å²) in [7, 11) is 0. The molecule has 11 nitrogen and oxygen atoms in total. The lowest BCUT2D eigenvalue weighted by Crippen LogP contribution is -2.53. The van der Waals surface area contributed by atoms with Gasteiger partial charge in [-0.05, 0) is 80.7 Å². The molecule has 46 heavy (non-hydrogen) atoms. The lowest BCUT2D eigenvalue weighted by molar-refractivity contribution is -0.137. The summed E-state index contributed by atoms with van der Waals surface area (Å²) in [5, 5.41) is 47.6. The van der Waals surface area contributed by atoms with Gasteiger partial charge in [-0.1, -0.05) is 53.0 Å². The number of hydrogen-bond acceptors (Lipinski definition) is 10. The molecular formula is C35H53NO10. The van der Waals surface area contributed by atoms with Gasteiger partial charge in [0.15, 0.2) is 11.5 Å². The Kier molecular flexibility index (Phi) is 21.7. The van der Waals surface area contributed by atoms with E-state index in [0.29, 0.717) is 36.2 Å². The average molecular weight is 648 g/mol. The van der Waals surface area contributed by atoms with Gasteiger partial charge in [-0.2, -0.15) is 0 Å². The fourth-order valence-corrected chi connectivity index (χ4v) is 4.37. The van der Waals surface area contributed by atoms with Crippen LogP contribution in [-0.2, 0) is 19.1 Å². The average Bonchev–Trinajstić information content (AvgIpc) is 3.41. The van der Waals surface area contributed by atoms with Crippen molar-refractivity contribution in [1.82, 2.24) is 5.32 Å². The number of benzene rings is 1. The van der Waals surface area contributed by atoms with E-state index in [-0.39, 0.29) is 30.3 Å². The van der Waals surface area contributed by atoms with E-state index >= 15 is 0 Å². The molecule has 2 aliphatic rings. The van der Waals surface area contributed by atoms with Gasteiger partial charge in [0, 0.05) is 12.0 Å².